The Bertz CT molecular complexity index is 423. The topological polar surface area (TPSA) is 87.7 Å². The molecule has 0 saturated carbocycles. The Hall–Kier alpha value is -1.56. The van der Waals surface area contributed by atoms with Gasteiger partial charge in [-0.1, -0.05) is 5.16 Å². The van der Waals surface area contributed by atoms with E-state index in [9.17, 15) is 4.79 Å². The van der Waals surface area contributed by atoms with Crippen molar-refractivity contribution in [2.45, 2.75) is 26.3 Å². The van der Waals surface area contributed by atoms with Gasteiger partial charge in [0.2, 0.25) is 0 Å². The van der Waals surface area contributed by atoms with Crippen LogP contribution in [0, 0.1) is 6.92 Å². The van der Waals surface area contributed by atoms with Crippen molar-refractivity contribution < 1.29 is 10.0 Å². The SMILES string of the molecule is Cc1cscc1C(=O)NC(C)(C)C(N)=NO. The van der Waals surface area contributed by atoms with E-state index in [4.69, 9.17) is 10.9 Å². The van der Waals surface area contributed by atoms with E-state index >= 15 is 0 Å². The lowest BCUT2D eigenvalue weighted by atomic mass is 10.0. The average molecular weight is 241 g/mol. The number of carbonyl (C=O) groups excluding carboxylic acids is 1. The van der Waals surface area contributed by atoms with Gasteiger partial charge in [0, 0.05) is 5.38 Å². The summed E-state index contributed by atoms with van der Waals surface area (Å²) in [7, 11) is 0. The van der Waals surface area contributed by atoms with Gasteiger partial charge in [-0.25, -0.2) is 0 Å². The first-order chi connectivity index (χ1) is 7.38. The number of carbonyl (C=O) groups is 1. The van der Waals surface area contributed by atoms with Gasteiger partial charge in [0.1, 0.15) is 0 Å². The second-order valence-corrected chi connectivity index (χ2v) is 4.78. The summed E-state index contributed by atoms with van der Waals surface area (Å²) >= 11 is 1.46. The van der Waals surface area contributed by atoms with Crippen LogP contribution < -0.4 is 11.1 Å². The van der Waals surface area contributed by atoms with Crippen LogP contribution in [-0.4, -0.2) is 22.5 Å². The maximum atomic E-state index is 11.9. The zero-order valence-electron chi connectivity index (χ0n) is 9.44. The number of nitrogens with two attached hydrogens (primary N) is 1. The largest absolute Gasteiger partial charge is 0.409 e. The van der Waals surface area contributed by atoms with Crippen LogP contribution in [0.15, 0.2) is 15.9 Å². The van der Waals surface area contributed by atoms with E-state index in [0.717, 1.165) is 5.56 Å². The first kappa shape index (κ1) is 12.5. The van der Waals surface area contributed by atoms with Gasteiger partial charge in [0.15, 0.2) is 5.84 Å². The predicted octanol–water partition coefficient (Wildman–Crippen LogP) is 1.31. The number of rotatable bonds is 3. The van der Waals surface area contributed by atoms with Crippen LogP contribution in [0.1, 0.15) is 29.8 Å². The van der Waals surface area contributed by atoms with E-state index in [0.29, 0.717) is 5.56 Å². The molecule has 0 radical (unpaired) electrons. The van der Waals surface area contributed by atoms with E-state index < -0.39 is 5.54 Å². The quantitative estimate of drug-likeness (QED) is 0.323. The standard InChI is InChI=1S/C10H15N3O2S/c1-6-4-16-5-7(6)8(14)12-10(2,3)9(11)13-15/h4-5,15H,1-3H3,(H2,11,13)(H,12,14). The van der Waals surface area contributed by atoms with E-state index in [1.807, 2.05) is 12.3 Å². The van der Waals surface area contributed by atoms with Crippen molar-refractivity contribution in [1.29, 1.82) is 0 Å². The fourth-order valence-electron chi connectivity index (χ4n) is 1.13. The zero-order chi connectivity index (χ0) is 12.3. The van der Waals surface area contributed by atoms with Crippen molar-refractivity contribution >= 4 is 23.1 Å². The molecule has 1 aromatic heterocycles. The molecule has 0 aliphatic carbocycles. The summed E-state index contributed by atoms with van der Waals surface area (Å²) in [5.41, 5.74) is 6.13. The molecule has 0 saturated heterocycles. The Morgan fingerprint density at radius 3 is 2.62 bits per heavy atom. The number of nitrogens with zero attached hydrogens (tertiary/aromatic N) is 1. The molecular weight excluding hydrogens is 226 g/mol. The summed E-state index contributed by atoms with van der Waals surface area (Å²) < 4.78 is 0. The highest BCUT2D eigenvalue weighted by atomic mass is 32.1. The third-order valence-corrected chi connectivity index (χ3v) is 3.14. The first-order valence-electron chi connectivity index (χ1n) is 4.72. The van der Waals surface area contributed by atoms with Crippen molar-refractivity contribution in [1.82, 2.24) is 5.32 Å². The Kier molecular flexibility index (Phi) is 3.54. The molecule has 1 amide bonds. The second-order valence-electron chi connectivity index (χ2n) is 4.03. The highest BCUT2D eigenvalue weighted by Gasteiger charge is 2.26. The van der Waals surface area contributed by atoms with Crippen LogP contribution in [0.4, 0.5) is 0 Å². The molecule has 0 bridgehead atoms. The van der Waals surface area contributed by atoms with Crippen molar-refractivity contribution in [3.8, 4) is 0 Å². The number of nitrogens with one attached hydrogen (secondary N) is 1. The normalized spacial score (nSPS) is 12.6. The first-order valence-corrected chi connectivity index (χ1v) is 5.66. The maximum Gasteiger partial charge on any atom is 0.253 e. The Labute approximate surface area is 98.0 Å². The number of hydrogen-bond acceptors (Lipinski definition) is 4. The summed E-state index contributed by atoms with van der Waals surface area (Å²) in [6.07, 6.45) is 0. The molecule has 16 heavy (non-hydrogen) atoms. The van der Waals surface area contributed by atoms with Gasteiger partial charge in [0.05, 0.1) is 11.1 Å². The van der Waals surface area contributed by atoms with Crippen molar-refractivity contribution in [2.24, 2.45) is 10.9 Å². The van der Waals surface area contributed by atoms with Gasteiger partial charge in [0.25, 0.3) is 5.91 Å². The number of oxime groups is 1. The van der Waals surface area contributed by atoms with E-state index in [1.54, 1.807) is 19.2 Å². The summed E-state index contributed by atoms with van der Waals surface area (Å²) in [5, 5.41) is 17.8. The lowest BCUT2D eigenvalue weighted by molar-refractivity contribution is 0.0930. The molecule has 1 aromatic rings. The molecule has 0 aromatic carbocycles. The number of aryl methyl sites for hydroxylation is 1. The van der Waals surface area contributed by atoms with Crippen LogP contribution in [0.2, 0.25) is 0 Å². The fourth-order valence-corrected chi connectivity index (χ4v) is 1.96. The highest BCUT2D eigenvalue weighted by Crippen LogP contribution is 2.14. The van der Waals surface area contributed by atoms with Gasteiger partial charge in [-0.15, -0.1) is 0 Å². The molecule has 0 unspecified atom stereocenters. The van der Waals surface area contributed by atoms with Gasteiger partial charge in [-0.2, -0.15) is 11.3 Å². The van der Waals surface area contributed by atoms with E-state index in [1.165, 1.54) is 11.3 Å². The van der Waals surface area contributed by atoms with Crippen LogP contribution in [-0.2, 0) is 0 Å². The number of thiophene rings is 1. The molecule has 5 nitrogen and oxygen atoms in total. The molecule has 0 atom stereocenters. The summed E-state index contributed by atoms with van der Waals surface area (Å²) in [4.78, 5) is 11.9. The summed E-state index contributed by atoms with van der Waals surface area (Å²) in [6.45, 7) is 5.20. The Morgan fingerprint density at radius 2 is 2.19 bits per heavy atom. The molecule has 1 rings (SSSR count). The number of amides is 1. The molecular formula is C10H15N3O2S. The summed E-state index contributed by atoms with van der Waals surface area (Å²) in [6, 6.07) is 0. The molecule has 0 spiro atoms. The average Bonchev–Trinajstić information content (AvgIpc) is 2.62. The highest BCUT2D eigenvalue weighted by molar-refractivity contribution is 7.08. The zero-order valence-corrected chi connectivity index (χ0v) is 10.3. The predicted molar refractivity (Wildman–Crippen MR) is 64.0 cm³/mol. The third kappa shape index (κ3) is 2.52. The van der Waals surface area contributed by atoms with Gasteiger partial charge < -0.3 is 16.3 Å². The van der Waals surface area contributed by atoms with Gasteiger partial charge in [-0.05, 0) is 31.7 Å². The maximum absolute atomic E-state index is 11.9. The lowest BCUT2D eigenvalue weighted by Gasteiger charge is -2.24. The Morgan fingerprint density at radius 1 is 1.56 bits per heavy atom. The number of amidine groups is 1. The molecule has 0 aliphatic rings. The fraction of sp³-hybridized carbons (Fsp3) is 0.400. The second kappa shape index (κ2) is 4.52. The van der Waals surface area contributed by atoms with Crippen LogP contribution in [0.25, 0.3) is 0 Å². The molecule has 6 heteroatoms. The molecule has 4 N–H and O–H groups in total. The molecule has 88 valence electrons. The van der Waals surface area contributed by atoms with Crippen molar-refractivity contribution in [2.75, 3.05) is 0 Å². The van der Waals surface area contributed by atoms with Crippen LogP contribution >= 0.6 is 11.3 Å². The smallest absolute Gasteiger partial charge is 0.253 e. The third-order valence-electron chi connectivity index (χ3n) is 2.27. The van der Waals surface area contributed by atoms with Crippen LogP contribution in [0.3, 0.4) is 0 Å². The molecule has 1 heterocycles. The Balaban J connectivity index is 2.84. The monoisotopic (exact) mass is 241 g/mol. The van der Waals surface area contributed by atoms with Crippen molar-refractivity contribution in [3.05, 3.63) is 21.9 Å². The van der Waals surface area contributed by atoms with Crippen molar-refractivity contribution in [3.63, 3.8) is 0 Å². The van der Waals surface area contributed by atoms with E-state index in [2.05, 4.69) is 10.5 Å². The number of hydrogen-bond donors (Lipinski definition) is 3. The van der Waals surface area contributed by atoms with Gasteiger partial charge >= 0.3 is 0 Å². The molecule has 0 fully saturated rings. The minimum absolute atomic E-state index is 0.0336. The summed E-state index contributed by atoms with van der Waals surface area (Å²) in [5.74, 6) is -0.260. The van der Waals surface area contributed by atoms with E-state index in [-0.39, 0.29) is 11.7 Å². The molecule has 0 aliphatic heterocycles. The van der Waals surface area contributed by atoms with Gasteiger partial charge in [-0.3, -0.25) is 4.79 Å². The minimum atomic E-state index is -0.875. The minimum Gasteiger partial charge on any atom is -0.409 e. The van der Waals surface area contributed by atoms with Crippen LogP contribution in [0.5, 0.6) is 0 Å². The lowest BCUT2D eigenvalue weighted by Crippen LogP contribution is -2.53.